The van der Waals surface area contributed by atoms with Gasteiger partial charge in [0.1, 0.15) is 11.6 Å². The highest BCUT2D eigenvalue weighted by atomic mass is 16.5. The van der Waals surface area contributed by atoms with E-state index in [-0.39, 0.29) is 11.7 Å². The highest BCUT2D eigenvalue weighted by Crippen LogP contribution is 2.16. The Kier molecular flexibility index (Phi) is 7.28. The van der Waals surface area contributed by atoms with Gasteiger partial charge in [-0.2, -0.15) is 0 Å². The third kappa shape index (κ3) is 5.67. The number of hydrogen-bond donors (Lipinski definition) is 2. The summed E-state index contributed by atoms with van der Waals surface area (Å²) in [5, 5.41) is 7.16. The number of carbonyl (C=O) groups is 2. The number of carbonyl (C=O) groups excluding carboxylic acids is 2. The normalized spacial score (nSPS) is 10.5. The summed E-state index contributed by atoms with van der Waals surface area (Å²) in [6, 6.07) is 13.2. The largest absolute Gasteiger partial charge is 0.423 e. The van der Waals surface area contributed by atoms with Crippen molar-refractivity contribution >= 4 is 23.8 Å². The van der Waals surface area contributed by atoms with Gasteiger partial charge >= 0.3 is 5.97 Å². The second-order valence-corrected chi connectivity index (χ2v) is 5.96. The van der Waals surface area contributed by atoms with Crippen LogP contribution in [0.1, 0.15) is 33.2 Å². The average molecular weight is 377 g/mol. The maximum Gasteiger partial charge on any atom is 0.343 e. The van der Waals surface area contributed by atoms with Crippen LogP contribution in [0.15, 0.2) is 67.3 Å². The number of hydrogen-bond acceptors (Lipinski definition) is 4. The molecule has 0 heterocycles. The van der Waals surface area contributed by atoms with Gasteiger partial charge in [0.15, 0.2) is 0 Å². The Morgan fingerprint density at radius 3 is 2.25 bits per heavy atom. The molecule has 144 valence electrons. The number of esters is 1. The SMILES string of the molecule is C=CCN(CC)C(=O)c1ccc(C(=O)Oc2ccc(/C=C/C(=N)N)cc2)cc1. The number of amides is 1. The van der Waals surface area contributed by atoms with E-state index >= 15 is 0 Å². The van der Waals surface area contributed by atoms with Crippen molar-refractivity contribution in [2.45, 2.75) is 6.92 Å². The smallest absolute Gasteiger partial charge is 0.343 e. The van der Waals surface area contributed by atoms with Gasteiger partial charge in [-0.05, 0) is 55.0 Å². The van der Waals surface area contributed by atoms with Crippen LogP contribution in [0.5, 0.6) is 5.75 Å². The molecule has 0 aliphatic heterocycles. The number of ether oxygens (including phenoxy) is 1. The zero-order chi connectivity index (χ0) is 20.5. The van der Waals surface area contributed by atoms with Crippen LogP contribution in [0.4, 0.5) is 0 Å². The van der Waals surface area contributed by atoms with Gasteiger partial charge in [-0.1, -0.05) is 24.3 Å². The minimum atomic E-state index is -0.510. The molecule has 0 unspecified atom stereocenters. The van der Waals surface area contributed by atoms with Gasteiger partial charge in [0.05, 0.1) is 5.56 Å². The van der Waals surface area contributed by atoms with Gasteiger partial charge in [-0.3, -0.25) is 10.2 Å². The summed E-state index contributed by atoms with van der Waals surface area (Å²) in [7, 11) is 0. The van der Waals surface area contributed by atoms with E-state index in [1.807, 2.05) is 6.92 Å². The molecular weight excluding hydrogens is 354 g/mol. The fourth-order valence-electron chi connectivity index (χ4n) is 2.44. The Labute approximate surface area is 164 Å². The van der Waals surface area contributed by atoms with Crippen molar-refractivity contribution in [1.82, 2.24) is 4.90 Å². The molecule has 28 heavy (non-hydrogen) atoms. The van der Waals surface area contributed by atoms with E-state index in [0.29, 0.717) is 30.0 Å². The van der Waals surface area contributed by atoms with E-state index in [2.05, 4.69) is 6.58 Å². The summed E-state index contributed by atoms with van der Waals surface area (Å²) < 4.78 is 5.35. The molecule has 3 N–H and O–H groups in total. The predicted octanol–water partition coefficient (Wildman–Crippen LogP) is 3.50. The molecule has 0 saturated heterocycles. The minimum Gasteiger partial charge on any atom is -0.423 e. The molecule has 0 bridgehead atoms. The van der Waals surface area contributed by atoms with E-state index in [9.17, 15) is 9.59 Å². The summed E-state index contributed by atoms with van der Waals surface area (Å²) in [5.41, 5.74) is 6.95. The molecule has 0 radical (unpaired) electrons. The van der Waals surface area contributed by atoms with Crippen LogP contribution in [0.25, 0.3) is 6.08 Å². The number of amidine groups is 1. The van der Waals surface area contributed by atoms with E-state index in [0.717, 1.165) is 5.56 Å². The molecule has 2 rings (SSSR count). The van der Waals surface area contributed by atoms with E-state index in [1.54, 1.807) is 65.6 Å². The van der Waals surface area contributed by atoms with Crippen LogP contribution in [-0.2, 0) is 0 Å². The third-order valence-corrected chi connectivity index (χ3v) is 3.93. The van der Waals surface area contributed by atoms with Crippen molar-refractivity contribution in [2.75, 3.05) is 13.1 Å². The fourth-order valence-corrected chi connectivity index (χ4v) is 2.44. The first-order chi connectivity index (χ1) is 13.4. The number of nitrogens with two attached hydrogens (primary N) is 1. The molecule has 0 aliphatic rings. The fraction of sp³-hybridized carbons (Fsp3) is 0.136. The second kappa shape index (κ2) is 9.87. The van der Waals surface area contributed by atoms with Gasteiger partial charge in [0, 0.05) is 18.7 Å². The van der Waals surface area contributed by atoms with Crippen LogP contribution in [0.3, 0.4) is 0 Å². The van der Waals surface area contributed by atoms with E-state index in [4.69, 9.17) is 15.9 Å². The quantitative estimate of drug-likeness (QED) is 0.242. The maximum atomic E-state index is 12.4. The molecule has 2 aromatic carbocycles. The molecule has 0 aromatic heterocycles. The van der Waals surface area contributed by atoms with E-state index in [1.165, 1.54) is 6.08 Å². The number of nitrogens with zero attached hydrogens (tertiary/aromatic N) is 1. The first kappa shape index (κ1) is 20.6. The van der Waals surface area contributed by atoms with Crippen molar-refractivity contribution in [3.05, 3.63) is 84.0 Å². The summed E-state index contributed by atoms with van der Waals surface area (Å²) >= 11 is 0. The number of likely N-dealkylation sites (N-methyl/N-ethyl adjacent to an activating group) is 1. The first-order valence-electron chi connectivity index (χ1n) is 8.79. The maximum absolute atomic E-state index is 12.4. The molecule has 0 saturated carbocycles. The van der Waals surface area contributed by atoms with Crippen LogP contribution in [0, 0.1) is 5.41 Å². The van der Waals surface area contributed by atoms with Crippen molar-refractivity contribution in [1.29, 1.82) is 5.41 Å². The number of nitrogens with one attached hydrogen (secondary N) is 1. The van der Waals surface area contributed by atoms with Gasteiger partial charge in [0.25, 0.3) is 5.91 Å². The van der Waals surface area contributed by atoms with Crippen molar-refractivity contribution in [3.8, 4) is 5.75 Å². The topological polar surface area (TPSA) is 96.5 Å². The van der Waals surface area contributed by atoms with Crippen molar-refractivity contribution < 1.29 is 14.3 Å². The Hall–Kier alpha value is -3.67. The van der Waals surface area contributed by atoms with Gasteiger partial charge in [-0.15, -0.1) is 6.58 Å². The third-order valence-electron chi connectivity index (χ3n) is 3.93. The highest BCUT2D eigenvalue weighted by Gasteiger charge is 2.14. The molecule has 0 aliphatic carbocycles. The summed E-state index contributed by atoms with van der Waals surface area (Å²) in [4.78, 5) is 26.4. The monoisotopic (exact) mass is 377 g/mol. The predicted molar refractivity (Wildman–Crippen MR) is 111 cm³/mol. The molecule has 6 heteroatoms. The zero-order valence-corrected chi connectivity index (χ0v) is 15.7. The summed E-state index contributed by atoms with van der Waals surface area (Å²) in [6.07, 6.45) is 4.84. The standard InChI is InChI=1S/C22H23N3O3/c1-3-15-25(4-2)21(26)17-8-10-18(11-9-17)22(27)28-19-12-5-16(6-13-19)7-14-20(23)24/h3,5-14H,1,4,15H2,2H3,(H3,23,24)/b14-7+. The Bertz CT molecular complexity index is 884. The summed E-state index contributed by atoms with van der Waals surface area (Å²) in [5.74, 6) is -0.266. The lowest BCUT2D eigenvalue weighted by atomic mass is 10.1. The number of rotatable bonds is 8. The average Bonchev–Trinajstić information content (AvgIpc) is 2.71. The van der Waals surface area contributed by atoms with Crippen LogP contribution < -0.4 is 10.5 Å². The number of benzene rings is 2. The molecule has 2 aromatic rings. The second-order valence-electron chi connectivity index (χ2n) is 5.96. The highest BCUT2D eigenvalue weighted by molar-refractivity contribution is 5.96. The van der Waals surface area contributed by atoms with E-state index < -0.39 is 5.97 Å². The lowest BCUT2D eigenvalue weighted by molar-refractivity contribution is 0.0731. The van der Waals surface area contributed by atoms with Crippen molar-refractivity contribution in [2.24, 2.45) is 5.73 Å². The summed E-state index contributed by atoms with van der Waals surface area (Å²) in [6.45, 7) is 6.59. The zero-order valence-electron chi connectivity index (χ0n) is 15.7. The molecular formula is C22H23N3O3. The van der Waals surface area contributed by atoms with Crippen LogP contribution in [0.2, 0.25) is 0 Å². The van der Waals surface area contributed by atoms with Crippen molar-refractivity contribution in [3.63, 3.8) is 0 Å². The molecule has 0 spiro atoms. The lowest BCUT2D eigenvalue weighted by Gasteiger charge is -2.18. The molecule has 0 atom stereocenters. The van der Waals surface area contributed by atoms with Crippen LogP contribution >= 0.6 is 0 Å². The molecule has 1 amide bonds. The van der Waals surface area contributed by atoms with Gasteiger partial charge in [0.2, 0.25) is 0 Å². The minimum absolute atomic E-state index is 0.0380. The lowest BCUT2D eigenvalue weighted by Crippen LogP contribution is -2.30. The van der Waals surface area contributed by atoms with Crippen LogP contribution in [-0.4, -0.2) is 35.7 Å². The van der Waals surface area contributed by atoms with Gasteiger partial charge < -0.3 is 15.4 Å². The Morgan fingerprint density at radius 2 is 1.71 bits per heavy atom. The molecule has 0 fully saturated rings. The van der Waals surface area contributed by atoms with Gasteiger partial charge in [-0.25, -0.2) is 4.79 Å². The first-order valence-corrected chi connectivity index (χ1v) is 8.79. The Balaban J connectivity index is 2.04. The Morgan fingerprint density at radius 1 is 1.11 bits per heavy atom. The molecule has 6 nitrogen and oxygen atoms in total.